The zero-order valence-electron chi connectivity index (χ0n) is 15.8. The Labute approximate surface area is 161 Å². The molecule has 0 unspecified atom stereocenters. The lowest BCUT2D eigenvalue weighted by atomic mass is 10.0. The Bertz CT molecular complexity index is 910. The third-order valence-electron chi connectivity index (χ3n) is 5.13. The number of benzene rings is 2. The molecule has 1 amide bonds. The summed E-state index contributed by atoms with van der Waals surface area (Å²) in [5.41, 5.74) is 3.02. The molecule has 6 heteroatoms. The molecule has 144 valence electrons. The fraction of sp³-hybridized carbons (Fsp3) is 0.381. The van der Waals surface area contributed by atoms with Gasteiger partial charge in [-0.15, -0.1) is 0 Å². The molecule has 27 heavy (non-hydrogen) atoms. The summed E-state index contributed by atoms with van der Waals surface area (Å²) in [7, 11) is -3.59. The van der Waals surface area contributed by atoms with Gasteiger partial charge in [0.2, 0.25) is 15.9 Å². The molecule has 3 rings (SSSR count). The number of hydrogen-bond donors (Lipinski definition) is 1. The van der Waals surface area contributed by atoms with E-state index in [-0.39, 0.29) is 23.3 Å². The molecule has 1 atom stereocenters. The van der Waals surface area contributed by atoms with Gasteiger partial charge < -0.3 is 5.32 Å². The van der Waals surface area contributed by atoms with Gasteiger partial charge in [0.15, 0.2) is 0 Å². The Hall–Kier alpha value is -2.18. The van der Waals surface area contributed by atoms with Gasteiger partial charge in [-0.25, -0.2) is 8.42 Å². The van der Waals surface area contributed by atoms with E-state index in [0.29, 0.717) is 13.0 Å². The van der Waals surface area contributed by atoms with Crippen LogP contribution < -0.4 is 5.32 Å². The van der Waals surface area contributed by atoms with Crippen LogP contribution in [0.2, 0.25) is 0 Å². The maximum Gasteiger partial charge on any atom is 0.243 e. The number of piperidine rings is 1. The first-order valence-corrected chi connectivity index (χ1v) is 10.8. The fourth-order valence-corrected chi connectivity index (χ4v) is 5.18. The monoisotopic (exact) mass is 386 g/mol. The zero-order valence-corrected chi connectivity index (χ0v) is 16.6. The number of sulfonamides is 1. The molecular formula is C21H26N2O3S. The van der Waals surface area contributed by atoms with E-state index in [1.807, 2.05) is 32.0 Å². The van der Waals surface area contributed by atoms with E-state index in [1.165, 1.54) is 9.87 Å². The normalized spacial score (nSPS) is 18.2. The summed E-state index contributed by atoms with van der Waals surface area (Å²) in [6, 6.07) is 13.9. The summed E-state index contributed by atoms with van der Waals surface area (Å²) in [5.74, 6) is -0.154. The highest BCUT2D eigenvalue weighted by atomic mass is 32.2. The number of nitrogens with zero attached hydrogens (tertiary/aromatic N) is 1. The van der Waals surface area contributed by atoms with Crippen LogP contribution in [0.3, 0.4) is 0 Å². The van der Waals surface area contributed by atoms with Gasteiger partial charge in [-0.1, -0.05) is 30.7 Å². The molecule has 2 aromatic rings. The van der Waals surface area contributed by atoms with Gasteiger partial charge in [-0.2, -0.15) is 4.31 Å². The molecule has 0 aromatic heterocycles. The minimum absolute atomic E-state index is 0.154. The second kappa shape index (κ2) is 8.23. The molecule has 0 spiro atoms. The molecule has 2 aromatic carbocycles. The van der Waals surface area contributed by atoms with Crippen LogP contribution in [0.4, 0.5) is 5.69 Å². The van der Waals surface area contributed by atoms with Gasteiger partial charge in [0.05, 0.1) is 4.90 Å². The Balaban J connectivity index is 1.73. The number of carbonyl (C=O) groups excluding carboxylic acids is 1. The van der Waals surface area contributed by atoms with Crippen molar-refractivity contribution in [1.29, 1.82) is 0 Å². The van der Waals surface area contributed by atoms with Crippen molar-refractivity contribution in [2.45, 2.75) is 50.5 Å². The van der Waals surface area contributed by atoms with Crippen molar-refractivity contribution in [3.8, 4) is 0 Å². The number of carbonyl (C=O) groups is 1. The molecule has 1 aliphatic rings. The Morgan fingerprint density at radius 2 is 1.81 bits per heavy atom. The highest BCUT2D eigenvalue weighted by molar-refractivity contribution is 7.89. The highest BCUT2D eigenvalue weighted by Gasteiger charge is 2.34. The third kappa shape index (κ3) is 4.57. The van der Waals surface area contributed by atoms with Crippen molar-refractivity contribution in [3.63, 3.8) is 0 Å². The highest BCUT2D eigenvalue weighted by Crippen LogP contribution is 2.27. The lowest BCUT2D eigenvalue weighted by Gasteiger charge is -2.34. The van der Waals surface area contributed by atoms with Crippen LogP contribution in [0.15, 0.2) is 53.4 Å². The van der Waals surface area contributed by atoms with Crippen LogP contribution in [0.25, 0.3) is 0 Å². The number of aryl methyl sites for hydroxylation is 2. The molecule has 5 nitrogen and oxygen atoms in total. The number of rotatable bonds is 5. The van der Waals surface area contributed by atoms with E-state index in [2.05, 4.69) is 5.32 Å². The van der Waals surface area contributed by atoms with Crippen molar-refractivity contribution < 1.29 is 13.2 Å². The maximum atomic E-state index is 13.0. The first kappa shape index (κ1) is 19.6. The van der Waals surface area contributed by atoms with Crippen LogP contribution >= 0.6 is 0 Å². The van der Waals surface area contributed by atoms with Crippen LogP contribution in [-0.2, 0) is 14.8 Å². The Morgan fingerprint density at radius 3 is 2.52 bits per heavy atom. The van der Waals surface area contributed by atoms with Crippen molar-refractivity contribution in [2.24, 2.45) is 0 Å². The number of anilines is 1. The first-order valence-electron chi connectivity index (χ1n) is 9.32. The van der Waals surface area contributed by atoms with E-state index < -0.39 is 10.0 Å². The number of hydrogen-bond acceptors (Lipinski definition) is 3. The van der Waals surface area contributed by atoms with E-state index >= 15 is 0 Å². The fourth-order valence-electron chi connectivity index (χ4n) is 3.47. The van der Waals surface area contributed by atoms with Crippen molar-refractivity contribution in [2.75, 3.05) is 11.9 Å². The molecule has 0 aliphatic carbocycles. The van der Waals surface area contributed by atoms with Crippen molar-refractivity contribution in [1.82, 2.24) is 4.31 Å². The predicted molar refractivity (Wildman–Crippen MR) is 107 cm³/mol. The summed E-state index contributed by atoms with van der Waals surface area (Å²) in [5, 5.41) is 2.91. The molecular weight excluding hydrogens is 360 g/mol. The summed E-state index contributed by atoms with van der Waals surface area (Å²) in [4.78, 5) is 12.8. The minimum atomic E-state index is -3.59. The van der Waals surface area contributed by atoms with E-state index in [4.69, 9.17) is 0 Å². The molecule has 0 saturated carbocycles. The summed E-state index contributed by atoms with van der Waals surface area (Å²) >= 11 is 0. The standard InChI is InChI=1S/C21H26N2O3S/c1-16-11-12-18(14-17(16)2)22-21(24)15-19-8-6-7-13-23(19)27(25,26)20-9-4-3-5-10-20/h3-5,9-12,14,19H,6-8,13,15H2,1-2H3,(H,22,24)/t19-/m1/s1. The molecule has 1 heterocycles. The van der Waals surface area contributed by atoms with Crippen LogP contribution in [-0.4, -0.2) is 31.2 Å². The molecule has 0 bridgehead atoms. The Kier molecular flexibility index (Phi) is 5.97. The summed E-state index contributed by atoms with van der Waals surface area (Å²) < 4.78 is 27.5. The van der Waals surface area contributed by atoms with E-state index in [9.17, 15) is 13.2 Å². The predicted octanol–water partition coefficient (Wildman–Crippen LogP) is 3.88. The summed E-state index contributed by atoms with van der Waals surface area (Å²) in [6.45, 7) is 4.48. The molecule has 1 fully saturated rings. The smallest absolute Gasteiger partial charge is 0.243 e. The van der Waals surface area contributed by atoms with E-state index in [0.717, 1.165) is 24.1 Å². The Morgan fingerprint density at radius 1 is 1.07 bits per heavy atom. The van der Waals surface area contributed by atoms with Gasteiger partial charge in [0.25, 0.3) is 0 Å². The summed E-state index contributed by atoms with van der Waals surface area (Å²) in [6.07, 6.45) is 2.62. The quantitative estimate of drug-likeness (QED) is 0.848. The average molecular weight is 387 g/mol. The van der Waals surface area contributed by atoms with Gasteiger partial charge >= 0.3 is 0 Å². The molecule has 1 aliphatic heterocycles. The molecule has 1 N–H and O–H groups in total. The van der Waals surface area contributed by atoms with Gasteiger partial charge in [-0.05, 0) is 62.1 Å². The zero-order chi connectivity index (χ0) is 19.4. The van der Waals surface area contributed by atoms with E-state index in [1.54, 1.807) is 30.3 Å². The van der Waals surface area contributed by atoms with Crippen LogP contribution in [0, 0.1) is 13.8 Å². The van der Waals surface area contributed by atoms with Gasteiger partial charge in [-0.3, -0.25) is 4.79 Å². The van der Waals surface area contributed by atoms with Crippen molar-refractivity contribution in [3.05, 3.63) is 59.7 Å². The largest absolute Gasteiger partial charge is 0.326 e. The van der Waals surface area contributed by atoms with Crippen LogP contribution in [0.5, 0.6) is 0 Å². The van der Waals surface area contributed by atoms with Crippen molar-refractivity contribution >= 4 is 21.6 Å². The molecule has 1 saturated heterocycles. The minimum Gasteiger partial charge on any atom is -0.326 e. The van der Waals surface area contributed by atoms with Gasteiger partial charge in [0.1, 0.15) is 0 Å². The lowest BCUT2D eigenvalue weighted by Crippen LogP contribution is -2.45. The first-order chi connectivity index (χ1) is 12.9. The maximum absolute atomic E-state index is 13.0. The third-order valence-corrected chi connectivity index (χ3v) is 7.10. The second-order valence-corrected chi connectivity index (χ2v) is 9.02. The number of amides is 1. The topological polar surface area (TPSA) is 66.5 Å². The average Bonchev–Trinajstić information content (AvgIpc) is 2.66. The SMILES string of the molecule is Cc1ccc(NC(=O)C[C@H]2CCCCN2S(=O)(=O)c2ccccc2)cc1C. The van der Waals surface area contributed by atoms with Crippen LogP contribution in [0.1, 0.15) is 36.8 Å². The second-order valence-electron chi connectivity index (χ2n) is 7.13. The number of nitrogens with one attached hydrogen (secondary N) is 1. The molecule has 0 radical (unpaired) electrons. The lowest BCUT2D eigenvalue weighted by molar-refractivity contribution is -0.117. The van der Waals surface area contributed by atoms with Gasteiger partial charge in [0, 0.05) is 24.7 Å².